The molecule has 0 bridgehead atoms. The molecule has 0 spiro atoms. The molecule has 5 heteroatoms. The van der Waals surface area contributed by atoms with Gasteiger partial charge < -0.3 is 10.6 Å². The van der Waals surface area contributed by atoms with Gasteiger partial charge in [0.2, 0.25) is 5.91 Å². The summed E-state index contributed by atoms with van der Waals surface area (Å²) in [6, 6.07) is 5.37. The molecule has 0 atom stereocenters. The van der Waals surface area contributed by atoms with E-state index in [1.54, 1.807) is 12.1 Å². The number of nitrogens with two attached hydrogens (primary N) is 1. The van der Waals surface area contributed by atoms with Crippen LogP contribution >= 0.6 is 23.4 Å². The van der Waals surface area contributed by atoms with E-state index in [-0.39, 0.29) is 5.91 Å². The first-order valence-electron chi connectivity index (χ1n) is 6.54. The summed E-state index contributed by atoms with van der Waals surface area (Å²) in [7, 11) is 0. The maximum atomic E-state index is 12.1. The molecule has 3 nitrogen and oxygen atoms in total. The molecule has 0 fully saturated rings. The zero-order valence-corrected chi connectivity index (χ0v) is 13.1. The molecule has 0 unspecified atom stereocenters. The zero-order valence-electron chi connectivity index (χ0n) is 11.5. The van der Waals surface area contributed by atoms with Crippen LogP contribution in [0.15, 0.2) is 23.1 Å². The third kappa shape index (κ3) is 5.33. The Bertz CT molecular complexity index is 420. The van der Waals surface area contributed by atoms with E-state index in [1.165, 1.54) is 11.8 Å². The number of rotatable bonds is 7. The lowest BCUT2D eigenvalue weighted by molar-refractivity contribution is -0.128. The Morgan fingerprint density at radius 3 is 2.47 bits per heavy atom. The Hall–Kier alpha value is -0.870. The van der Waals surface area contributed by atoms with Crippen LogP contribution in [0, 0.1) is 0 Å². The first-order valence-corrected chi connectivity index (χ1v) is 7.90. The van der Waals surface area contributed by atoms with Crippen molar-refractivity contribution >= 4 is 35.0 Å². The Labute approximate surface area is 124 Å². The largest absolute Gasteiger partial charge is 0.399 e. The lowest BCUT2D eigenvalue weighted by atomic mass is 10.3. The van der Waals surface area contributed by atoms with Crippen LogP contribution in [0.2, 0.25) is 5.02 Å². The molecule has 0 heterocycles. The summed E-state index contributed by atoms with van der Waals surface area (Å²) in [5.41, 5.74) is 6.28. The molecule has 0 aliphatic carbocycles. The Morgan fingerprint density at radius 1 is 1.32 bits per heavy atom. The summed E-state index contributed by atoms with van der Waals surface area (Å²) < 4.78 is 0. The highest BCUT2D eigenvalue weighted by molar-refractivity contribution is 8.00. The average molecular weight is 301 g/mol. The monoisotopic (exact) mass is 300 g/mol. The standard InChI is InChI=1S/C14H21ClN2OS/c1-3-7-17(8-4-2)14(18)10-19-13-6-5-11(16)9-12(13)15/h5-6,9H,3-4,7-8,10,16H2,1-2H3. The fourth-order valence-electron chi connectivity index (χ4n) is 1.77. The fraction of sp³-hybridized carbons (Fsp3) is 0.500. The molecular weight excluding hydrogens is 280 g/mol. The number of thioether (sulfide) groups is 1. The van der Waals surface area contributed by atoms with Gasteiger partial charge in [0, 0.05) is 23.7 Å². The van der Waals surface area contributed by atoms with E-state index in [1.807, 2.05) is 11.0 Å². The molecule has 0 radical (unpaired) electrons. The minimum atomic E-state index is 0.168. The highest BCUT2D eigenvalue weighted by atomic mass is 35.5. The molecule has 0 aliphatic rings. The van der Waals surface area contributed by atoms with Crippen LogP contribution in [0.4, 0.5) is 5.69 Å². The van der Waals surface area contributed by atoms with Crippen molar-refractivity contribution in [3.05, 3.63) is 23.2 Å². The second-order valence-electron chi connectivity index (χ2n) is 4.36. The molecule has 0 aromatic heterocycles. The maximum Gasteiger partial charge on any atom is 0.232 e. The molecular formula is C14H21ClN2OS. The number of nitrogens with zero attached hydrogens (tertiary/aromatic N) is 1. The van der Waals surface area contributed by atoms with Crippen LogP contribution < -0.4 is 5.73 Å². The molecule has 0 saturated carbocycles. The highest BCUT2D eigenvalue weighted by Crippen LogP contribution is 2.28. The van der Waals surface area contributed by atoms with Gasteiger partial charge in [-0.1, -0.05) is 25.4 Å². The number of hydrogen-bond donors (Lipinski definition) is 1. The quantitative estimate of drug-likeness (QED) is 0.617. The summed E-state index contributed by atoms with van der Waals surface area (Å²) in [5, 5.41) is 0.607. The van der Waals surface area contributed by atoms with Crippen LogP contribution in [-0.4, -0.2) is 29.6 Å². The van der Waals surface area contributed by atoms with E-state index in [0.29, 0.717) is 16.5 Å². The highest BCUT2D eigenvalue weighted by Gasteiger charge is 2.12. The molecule has 0 aliphatic heterocycles. The number of carbonyl (C=O) groups is 1. The van der Waals surface area contributed by atoms with Crippen LogP contribution in [0.1, 0.15) is 26.7 Å². The Kier molecular flexibility index (Phi) is 7.10. The number of halogens is 1. The van der Waals surface area contributed by atoms with Crippen molar-refractivity contribution in [2.75, 3.05) is 24.6 Å². The number of hydrogen-bond acceptors (Lipinski definition) is 3. The first kappa shape index (κ1) is 16.2. The Balaban J connectivity index is 2.56. The van der Waals surface area contributed by atoms with E-state index in [9.17, 15) is 4.79 Å². The van der Waals surface area contributed by atoms with Crippen molar-refractivity contribution in [2.24, 2.45) is 0 Å². The van der Waals surface area contributed by atoms with Crippen LogP contribution in [0.25, 0.3) is 0 Å². The van der Waals surface area contributed by atoms with Gasteiger partial charge in [-0.2, -0.15) is 0 Å². The van der Waals surface area contributed by atoms with Crippen molar-refractivity contribution in [1.29, 1.82) is 0 Å². The van der Waals surface area contributed by atoms with E-state index in [2.05, 4.69) is 13.8 Å². The lowest BCUT2D eigenvalue weighted by Crippen LogP contribution is -2.33. The van der Waals surface area contributed by atoms with E-state index < -0.39 is 0 Å². The van der Waals surface area contributed by atoms with Crippen molar-refractivity contribution in [3.8, 4) is 0 Å². The van der Waals surface area contributed by atoms with Crippen LogP contribution in [-0.2, 0) is 4.79 Å². The van der Waals surface area contributed by atoms with Crippen molar-refractivity contribution in [3.63, 3.8) is 0 Å². The second kappa shape index (κ2) is 8.33. The van der Waals surface area contributed by atoms with Gasteiger partial charge >= 0.3 is 0 Å². The minimum Gasteiger partial charge on any atom is -0.399 e. The molecule has 19 heavy (non-hydrogen) atoms. The molecule has 1 amide bonds. The summed E-state index contributed by atoms with van der Waals surface area (Å²) in [4.78, 5) is 14.9. The summed E-state index contributed by atoms with van der Waals surface area (Å²) in [6.07, 6.45) is 1.97. The number of anilines is 1. The first-order chi connectivity index (χ1) is 9.08. The minimum absolute atomic E-state index is 0.168. The molecule has 0 saturated heterocycles. The molecule has 1 aromatic carbocycles. The summed E-state index contributed by atoms with van der Waals surface area (Å²) in [6.45, 7) is 5.81. The molecule has 1 aromatic rings. The van der Waals surface area contributed by atoms with Crippen molar-refractivity contribution in [1.82, 2.24) is 4.90 Å². The smallest absolute Gasteiger partial charge is 0.232 e. The topological polar surface area (TPSA) is 46.3 Å². The van der Waals surface area contributed by atoms with Gasteiger partial charge in [-0.05, 0) is 31.0 Å². The van der Waals surface area contributed by atoms with Crippen molar-refractivity contribution in [2.45, 2.75) is 31.6 Å². The third-order valence-corrected chi connectivity index (χ3v) is 4.13. The number of amides is 1. The van der Waals surface area contributed by atoms with Crippen LogP contribution in [0.3, 0.4) is 0 Å². The molecule has 106 valence electrons. The van der Waals surface area contributed by atoms with Gasteiger partial charge in [-0.15, -0.1) is 11.8 Å². The van der Waals surface area contributed by atoms with E-state index >= 15 is 0 Å². The van der Waals surface area contributed by atoms with E-state index in [4.69, 9.17) is 17.3 Å². The molecule has 1 rings (SSSR count). The van der Waals surface area contributed by atoms with Gasteiger partial charge in [0.25, 0.3) is 0 Å². The van der Waals surface area contributed by atoms with E-state index in [0.717, 1.165) is 30.8 Å². The van der Waals surface area contributed by atoms with Gasteiger partial charge in [-0.3, -0.25) is 4.79 Å². The fourth-order valence-corrected chi connectivity index (χ4v) is 2.94. The summed E-state index contributed by atoms with van der Waals surface area (Å²) in [5.74, 6) is 0.588. The van der Waals surface area contributed by atoms with Gasteiger partial charge in [0.15, 0.2) is 0 Å². The second-order valence-corrected chi connectivity index (χ2v) is 5.78. The number of benzene rings is 1. The van der Waals surface area contributed by atoms with Gasteiger partial charge in [0.05, 0.1) is 10.8 Å². The number of carbonyl (C=O) groups excluding carboxylic acids is 1. The maximum absolute atomic E-state index is 12.1. The van der Waals surface area contributed by atoms with Crippen molar-refractivity contribution < 1.29 is 4.79 Å². The molecule has 2 N–H and O–H groups in total. The van der Waals surface area contributed by atoms with Gasteiger partial charge in [0.1, 0.15) is 0 Å². The van der Waals surface area contributed by atoms with Crippen LogP contribution in [0.5, 0.6) is 0 Å². The van der Waals surface area contributed by atoms with Gasteiger partial charge in [-0.25, -0.2) is 0 Å². The average Bonchev–Trinajstić information content (AvgIpc) is 2.37. The predicted octanol–water partition coefficient (Wildman–Crippen LogP) is 3.66. The number of nitrogen functional groups attached to an aromatic ring is 1. The SMILES string of the molecule is CCCN(CCC)C(=O)CSc1ccc(N)cc1Cl. The zero-order chi connectivity index (χ0) is 14.3. The summed E-state index contributed by atoms with van der Waals surface area (Å²) >= 11 is 7.55. The normalized spacial score (nSPS) is 10.5. The Morgan fingerprint density at radius 2 is 1.95 bits per heavy atom. The third-order valence-electron chi connectivity index (χ3n) is 2.65. The predicted molar refractivity (Wildman–Crippen MR) is 83.8 cm³/mol. The lowest BCUT2D eigenvalue weighted by Gasteiger charge is -2.21.